The monoisotopic (exact) mass is 375 g/mol. The number of ether oxygens (including phenoxy) is 1. The van der Waals surface area contributed by atoms with Crippen molar-refractivity contribution in [1.82, 2.24) is 4.98 Å². The number of aromatic nitrogens is 1. The summed E-state index contributed by atoms with van der Waals surface area (Å²) in [5, 5.41) is 0.587. The molecule has 0 N–H and O–H groups in total. The lowest BCUT2D eigenvalue weighted by atomic mass is 10.0. The Morgan fingerprint density at radius 2 is 1.85 bits per heavy atom. The molecule has 1 aliphatic carbocycles. The number of nitrogens with zero attached hydrogens (tertiary/aromatic N) is 1. The van der Waals surface area contributed by atoms with E-state index in [0.29, 0.717) is 16.2 Å². The van der Waals surface area contributed by atoms with E-state index in [1.165, 1.54) is 28.5 Å². The Balaban J connectivity index is 1.50. The summed E-state index contributed by atoms with van der Waals surface area (Å²) in [6.07, 6.45) is 4.34. The number of ketones is 1. The van der Waals surface area contributed by atoms with Crippen LogP contribution in [0.1, 0.15) is 31.8 Å². The minimum Gasteiger partial charge on any atom is -0.454 e. The van der Waals surface area contributed by atoms with Gasteiger partial charge in [-0.1, -0.05) is 36.4 Å². The normalized spacial score (nSPS) is 11.6. The van der Waals surface area contributed by atoms with Gasteiger partial charge in [-0.2, -0.15) is 0 Å². The number of fused-ring (bicyclic) bond motifs is 3. The van der Waals surface area contributed by atoms with Crippen molar-refractivity contribution >= 4 is 23.5 Å². The summed E-state index contributed by atoms with van der Waals surface area (Å²) in [4.78, 5) is 29.0. The van der Waals surface area contributed by atoms with Gasteiger partial charge in [0.1, 0.15) is 5.03 Å². The van der Waals surface area contributed by atoms with Crippen LogP contribution in [-0.4, -0.2) is 29.6 Å². The van der Waals surface area contributed by atoms with E-state index in [4.69, 9.17) is 4.74 Å². The average Bonchev–Trinajstić information content (AvgIpc) is 3.09. The first-order chi connectivity index (χ1) is 13.2. The van der Waals surface area contributed by atoms with Crippen LogP contribution in [0.2, 0.25) is 0 Å². The van der Waals surface area contributed by atoms with E-state index >= 15 is 0 Å². The van der Waals surface area contributed by atoms with Crippen molar-refractivity contribution in [3.63, 3.8) is 0 Å². The molecule has 5 heteroatoms. The van der Waals surface area contributed by atoms with Gasteiger partial charge in [0.05, 0.1) is 5.56 Å². The maximum Gasteiger partial charge on any atom is 0.341 e. The quantitative estimate of drug-likeness (QED) is 0.294. The van der Waals surface area contributed by atoms with Gasteiger partial charge in [0.15, 0.2) is 12.4 Å². The smallest absolute Gasteiger partial charge is 0.341 e. The van der Waals surface area contributed by atoms with E-state index in [9.17, 15) is 9.59 Å². The van der Waals surface area contributed by atoms with Gasteiger partial charge in [0.25, 0.3) is 0 Å². The summed E-state index contributed by atoms with van der Waals surface area (Å²) < 4.78 is 5.23. The van der Waals surface area contributed by atoms with Crippen LogP contribution < -0.4 is 0 Å². The number of carbonyl (C=O) groups is 2. The Kier molecular flexibility index (Phi) is 4.77. The fraction of sp³-hybridized carbons (Fsp3) is 0.136. The maximum atomic E-state index is 12.5. The number of benzene rings is 2. The van der Waals surface area contributed by atoms with E-state index in [1.54, 1.807) is 24.4 Å². The van der Waals surface area contributed by atoms with Gasteiger partial charge < -0.3 is 4.74 Å². The van der Waals surface area contributed by atoms with Crippen LogP contribution in [0, 0.1) is 0 Å². The standard InChI is InChI=1S/C22H17NO3S/c1-27-21-18(7-4-10-23-21)22(25)26-13-20(24)16-9-8-15-11-14-5-2-3-6-17(14)19(15)12-16/h2-10,12H,11,13H2,1H3. The van der Waals surface area contributed by atoms with Gasteiger partial charge in [0.2, 0.25) is 0 Å². The Morgan fingerprint density at radius 3 is 2.70 bits per heavy atom. The number of hydrogen-bond acceptors (Lipinski definition) is 5. The second kappa shape index (κ2) is 7.37. The zero-order valence-corrected chi connectivity index (χ0v) is 15.6. The van der Waals surface area contributed by atoms with Gasteiger partial charge in [-0.15, -0.1) is 11.8 Å². The predicted octanol–water partition coefficient (Wildman–Crippen LogP) is 4.41. The Hall–Kier alpha value is -2.92. The molecular weight excluding hydrogens is 358 g/mol. The molecule has 0 amide bonds. The molecule has 0 unspecified atom stereocenters. The highest BCUT2D eigenvalue weighted by Gasteiger charge is 2.20. The SMILES string of the molecule is CSc1ncccc1C(=O)OCC(=O)c1ccc2c(c1)-c1ccccc1C2. The lowest BCUT2D eigenvalue weighted by Gasteiger charge is -2.08. The molecule has 0 bridgehead atoms. The molecule has 2 aromatic carbocycles. The van der Waals surface area contributed by atoms with Crippen LogP contribution >= 0.6 is 11.8 Å². The molecule has 3 aromatic rings. The number of pyridine rings is 1. The number of carbonyl (C=O) groups excluding carboxylic acids is 2. The second-order valence-corrected chi connectivity index (χ2v) is 7.06. The summed E-state index contributed by atoms with van der Waals surface area (Å²) in [6.45, 7) is -0.290. The molecule has 1 heterocycles. The zero-order valence-electron chi connectivity index (χ0n) is 14.8. The van der Waals surface area contributed by atoms with Crippen molar-refractivity contribution in [2.45, 2.75) is 11.4 Å². The minimum atomic E-state index is -0.535. The fourth-order valence-electron chi connectivity index (χ4n) is 3.30. The molecule has 4 nitrogen and oxygen atoms in total. The highest BCUT2D eigenvalue weighted by molar-refractivity contribution is 7.98. The molecule has 0 radical (unpaired) electrons. The van der Waals surface area contributed by atoms with Crippen molar-refractivity contribution in [3.8, 4) is 11.1 Å². The lowest BCUT2D eigenvalue weighted by molar-refractivity contribution is 0.0470. The highest BCUT2D eigenvalue weighted by Crippen LogP contribution is 2.36. The highest BCUT2D eigenvalue weighted by atomic mass is 32.2. The molecule has 0 saturated heterocycles. The Morgan fingerprint density at radius 1 is 1.04 bits per heavy atom. The molecule has 0 aliphatic heterocycles. The van der Waals surface area contributed by atoms with Gasteiger partial charge in [0, 0.05) is 11.8 Å². The number of esters is 1. The predicted molar refractivity (Wildman–Crippen MR) is 105 cm³/mol. The molecule has 0 saturated carbocycles. The molecule has 0 spiro atoms. The van der Waals surface area contributed by atoms with Crippen LogP contribution in [0.25, 0.3) is 11.1 Å². The van der Waals surface area contributed by atoms with Gasteiger partial charge >= 0.3 is 5.97 Å². The largest absolute Gasteiger partial charge is 0.454 e. The molecule has 1 aromatic heterocycles. The van der Waals surface area contributed by atoms with Crippen LogP contribution in [0.5, 0.6) is 0 Å². The number of Topliss-reactive ketones (excluding diaryl/α,β-unsaturated/α-hetero) is 1. The zero-order chi connectivity index (χ0) is 18.8. The Labute approximate surface area is 161 Å². The summed E-state index contributed by atoms with van der Waals surface area (Å²) in [7, 11) is 0. The van der Waals surface area contributed by atoms with Gasteiger partial charge in [-0.05, 0) is 53.1 Å². The molecule has 27 heavy (non-hydrogen) atoms. The second-order valence-electron chi connectivity index (χ2n) is 6.27. The number of rotatable bonds is 5. The summed E-state index contributed by atoms with van der Waals surface area (Å²) in [5.74, 6) is -0.752. The fourth-order valence-corrected chi connectivity index (χ4v) is 3.84. The first kappa shape index (κ1) is 17.5. The number of hydrogen-bond donors (Lipinski definition) is 0. The van der Waals surface area contributed by atoms with E-state index < -0.39 is 5.97 Å². The number of thioether (sulfide) groups is 1. The third-order valence-electron chi connectivity index (χ3n) is 4.64. The van der Waals surface area contributed by atoms with E-state index in [-0.39, 0.29) is 12.4 Å². The first-order valence-electron chi connectivity index (χ1n) is 8.58. The van der Waals surface area contributed by atoms with Crippen LogP contribution in [-0.2, 0) is 11.2 Å². The van der Waals surface area contributed by atoms with E-state index in [0.717, 1.165) is 12.0 Å². The summed E-state index contributed by atoms with van der Waals surface area (Å²) >= 11 is 1.36. The van der Waals surface area contributed by atoms with Crippen molar-refractivity contribution in [2.24, 2.45) is 0 Å². The van der Waals surface area contributed by atoms with Crippen LogP contribution in [0.4, 0.5) is 0 Å². The molecule has 1 aliphatic rings. The summed E-state index contributed by atoms with van der Waals surface area (Å²) in [5.41, 5.74) is 5.66. The maximum absolute atomic E-state index is 12.5. The van der Waals surface area contributed by atoms with Crippen molar-refractivity contribution in [1.29, 1.82) is 0 Å². The molecule has 134 valence electrons. The van der Waals surface area contributed by atoms with Crippen molar-refractivity contribution in [2.75, 3.05) is 12.9 Å². The van der Waals surface area contributed by atoms with Crippen molar-refractivity contribution < 1.29 is 14.3 Å². The third-order valence-corrected chi connectivity index (χ3v) is 5.35. The van der Waals surface area contributed by atoms with E-state index in [2.05, 4.69) is 17.1 Å². The average molecular weight is 375 g/mol. The lowest BCUT2D eigenvalue weighted by Crippen LogP contribution is -2.15. The third kappa shape index (κ3) is 3.38. The topological polar surface area (TPSA) is 56.3 Å². The molecule has 0 atom stereocenters. The van der Waals surface area contributed by atoms with Crippen molar-refractivity contribution in [3.05, 3.63) is 83.0 Å². The Bertz CT molecular complexity index is 1050. The minimum absolute atomic E-state index is 0.217. The van der Waals surface area contributed by atoms with Crippen LogP contribution in [0.15, 0.2) is 65.8 Å². The van der Waals surface area contributed by atoms with E-state index in [1.807, 2.05) is 30.5 Å². The molecule has 4 rings (SSSR count). The van der Waals surface area contributed by atoms with Gasteiger partial charge in [-0.25, -0.2) is 9.78 Å². The van der Waals surface area contributed by atoms with Crippen LogP contribution in [0.3, 0.4) is 0 Å². The van der Waals surface area contributed by atoms with Gasteiger partial charge in [-0.3, -0.25) is 4.79 Å². The first-order valence-corrected chi connectivity index (χ1v) is 9.80. The summed E-state index contributed by atoms with van der Waals surface area (Å²) in [6, 6.07) is 17.2. The molecular formula is C22H17NO3S. The molecule has 0 fully saturated rings.